The molecule has 0 atom stereocenters. The van der Waals surface area contributed by atoms with Gasteiger partial charge in [-0.05, 0) is 47.9 Å². The Kier molecular flexibility index (Phi) is 3.67. The number of nitrogens with zero attached hydrogens (tertiary/aromatic N) is 2. The van der Waals surface area contributed by atoms with E-state index < -0.39 is 5.97 Å². The van der Waals surface area contributed by atoms with Crippen LogP contribution in [0.25, 0.3) is 32.7 Å². The zero-order valence-corrected chi connectivity index (χ0v) is 15.2. The fourth-order valence-electron chi connectivity index (χ4n) is 3.41. The smallest absolute Gasteiger partial charge is 0.335 e. The quantitative estimate of drug-likeness (QED) is 0.387. The van der Waals surface area contributed by atoms with E-state index in [1.165, 1.54) is 0 Å². The number of nitrogens with one attached hydrogen (secondary N) is 2. The first-order valence-electron chi connectivity index (χ1n) is 8.55. The first-order valence-corrected chi connectivity index (χ1v) is 8.93. The van der Waals surface area contributed by atoms with E-state index >= 15 is 0 Å². The van der Waals surface area contributed by atoms with Gasteiger partial charge in [-0.25, -0.2) is 9.78 Å². The van der Waals surface area contributed by atoms with Gasteiger partial charge in [0.25, 0.3) is 0 Å². The first kappa shape index (κ1) is 16.5. The molecule has 0 aliphatic rings. The minimum Gasteiger partial charge on any atom is -0.478 e. The third-order valence-corrected chi connectivity index (χ3v) is 4.95. The van der Waals surface area contributed by atoms with Gasteiger partial charge in [-0.3, -0.25) is 4.98 Å². The van der Waals surface area contributed by atoms with Gasteiger partial charge in [-0.15, -0.1) is 0 Å². The summed E-state index contributed by atoms with van der Waals surface area (Å²) in [6.07, 6.45) is 3.50. The number of hydrogen-bond acceptors (Lipinski definition) is 4. The molecule has 0 saturated heterocycles. The predicted molar refractivity (Wildman–Crippen MR) is 111 cm³/mol. The van der Waals surface area contributed by atoms with Gasteiger partial charge in [-0.1, -0.05) is 17.7 Å². The Hall–Kier alpha value is -3.64. The SMILES string of the molecule is O=C(O)c1ccc2c(c1)c(Nc1ccc(Cl)cc1)nc1[nH]c3ccncc3c12. The summed E-state index contributed by atoms with van der Waals surface area (Å²) in [4.78, 5) is 23.8. The van der Waals surface area contributed by atoms with Crippen LogP contribution in [0, 0.1) is 0 Å². The highest BCUT2D eigenvalue weighted by Gasteiger charge is 2.15. The molecule has 3 N–H and O–H groups in total. The predicted octanol–water partition coefficient (Wildman–Crippen LogP) is 5.36. The summed E-state index contributed by atoms with van der Waals surface area (Å²) >= 11 is 5.97. The number of halogens is 1. The van der Waals surface area contributed by atoms with Crippen molar-refractivity contribution >= 4 is 61.8 Å². The third kappa shape index (κ3) is 2.62. The van der Waals surface area contributed by atoms with Crippen LogP contribution in [0.15, 0.2) is 60.9 Å². The number of carbonyl (C=O) groups is 1. The molecule has 28 heavy (non-hydrogen) atoms. The van der Waals surface area contributed by atoms with Gasteiger partial charge in [0.05, 0.1) is 11.1 Å². The molecule has 3 aromatic heterocycles. The number of pyridine rings is 2. The second-order valence-electron chi connectivity index (χ2n) is 6.43. The monoisotopic (exact) mass is 388 g/mol. The van der Waals surface area contributed by atoms with Crippen LogP contribution in [0.4, 0.5) is 11.5 Å². The average Bonchev–Trinajstić information content (AvgIpc) is 3.07. The van der Waals surface area contributed by atoms with Gasteiger partial charge in [-0.2, -0.15) is 0 Å². The van der Waals surface area contributed by atoms with Crippen LogP contribution >= 0.6 is 11.6 Å². The van der Waals surface area contributed by atoms with Crippen LogP contribution < -0.4 is 5.32 Å². The largest absolute Gasteiger partial charge is 0.478 e. The maximum absolute atomic E-state index is 11.5. The van der Waals surface area contributed by atoms with E-state index in [1.807, 2.05) is 24.3 Å². The highest BCUT2D eigenvalue weighted by atomic mass is 35.5. The van der Waals surface area contributed by atoms with Crippen molar-refractivity contribution in [1.29, 1.82) is 0 Å². The molecule has 2 aromatic carbocycles. The number of carboxylic acid groups (broad SMARTS) is 1. The zero-order valence-electron chi connectivity index (χ0n) is 14.4. The fourth-order valence-corrected chi connectivity index (χ4v) is 3.53. The molecule has 136 valence electrons. The Morgan fingerprint density at radius 2 is 1.86 bits per heavy atom. The molecule has 0 unspecified atom stereocenters. The standard InChI is InChI=1S/C21H13ClN4O2/c22-12-2-4-13(5-3-12)24-19-15-9-11(21(27)28)1-6-14(15)18-16-10-23-8-7-17(16)25-20(18)26-19/h1-10H,(H,27,28)(H2,24,25,26). The van der Waals surface area contributed by atoms with Gasteiger partial charge in [0, 0.05) is 39.3 Å². The van der Waals surface area contributed by atoms with Crippen molar-refractivity contribution in [2.75, 3.05) is 5.32 Å². The molecule has 0 bridgehead atoms. The van der Waals surface area contributed by atoms with Crippen LogP contribution in [-0.4, -0.2) is 26.0 Å². The molecule has 0 fully saturated rings. The number of aromatic amines is 1. The van der Waals surface area contributed by atoms with Crippen LogP contribution in [0.2, 0.25) is 5.02 Å². The van der Waals surface area contributed by atoms with Crippen molar-refractivity contribution in [3.63, 3.8) is 0 Å². The van der Waals surface area contributed by atoms with Crippen LogP contribution in [0.3, 0.4) is 0 Å². The van der Waals surface area contributed by atoms with E-state index in [1.54, 1.807) is 36.7 Å². The lowest BCUT2D eigenvalue weighted by Crippen LogP contribution is -1.99. The Bertz CT molecular complexity index is 1380. The lowest BCUT2D eigenvalue weighted by atomic mass is 10.0. The van der Waals surface area contributed by atoms with Gasteiger partial charge in [0.2, 0.25) is 0 Å². The van der Waals surface area contributed by atoms with E-state index in [4.69, 9.17) is 16.6 Å². The summed E-state index contributed by atoms with van der Waals surface area (Å²) < 4.78 is 0. The van der Waals surface area contributed by atoms with Gasteiger partial charge in [0.1, 0.15) is 11.5 Å². The average molecular weight is 389 g/mol. The van der Waals surface area contributed by atoms with E-state index in [-0.39, 0.29) is 5.56 Å². The van der Waals surface area contributed by atoms with E-state index in [2.05, 4.69) is 15.3 Å². The molecule has 0 saturated carbocycles. The molecule has 0 amide bonds. The number of hydrogen-bond donors (Lipinski definition) is 3. The zero-order chi connectivity index (χ0) is 19.3. The van der Waals surface area contributed by atoms with E-state index in [0.29, 0.717) is 21.9 Å². The number of aromatic nitrogens is 3. The minimum absolute atomic E-state index is 0.200. The Balaban J connectivity index is 1.83. The summed E-state index contributed by atoms with van der Waals surface area (Å²) in [7, 11) is 0. The third-order valence-electron chi connectivity index (χ3n) is 4.70. The van der Waals surface area contributed by atoms with Crippen molar-refractivity contribution in [2.45, 2.75) is 0 Å². The van der Waals surface area contributed by atoms with E-state index in [0.717, 1.165) is 27.4 Å². The number of rotatable bonds is 3. The summed E-state index contributed by atoms with van der Waals surface area (Å²) in [5.74, 6) is -0.424. The molecule has 0 aliphatic carbocycles. The summed E-state index contributed by atoms with van der Waals surface area (Å²) in [6.45, 7) is 0. The number of H-pyrrole nitrogens is 1. The number of fused-ring (bicyclic) bond motifs is 5. The van der Waals surface area contributed by atoms with Gasteiger partial charge >= 0.3 is 5.97 Å². The highest BCUT2D eigenvalue weighted by molar-refractivity contribution is 6.30. The molecule has 0 aliphatic heterocycles. The van der Waals surface area contributed by atoms with Crippen molar-refractivity contribution in [3.8, 4) is 0 Å². The van der Waals surface area contributed by atoms with Crippen LogP contribution in [-0.2, 0) is 0 Å². The maximum Gasteiger partial charge on any atom is 0.335 e. The second-order valence-corrected chi connectivity index (χ2v) is 6.86. The topological polar surface area (TPSA) is 90.9 Å². The van der Waals surface area contributed by atoms with Crippen LogP contribution in [0.1, 0.15) is 10.4 Å². The fraction of sp³-hybridized carbons (Fsp3) is 0. The molecule has 0 spiro atoms. The lowest BCUT2D eigenvalue weighted by molar-refractivity contribution is 0.0697. The number of aromatic carboxylic acids is 1. The van der Waals surface area contributed by atoms with Gasteiger partial charge < -0.3 is 15.4 Å². The van der Waals surface area contributed by atoms with Crippen molar-refractivity contribution in [2.24, 2.45) is 0 Å². The number of benzene rings is 2. The molecule has 3 heterocycles. The molecule has 7 heteroatoms. The summed E-state index contributed by atoms with van der Waals surface area (Å²) in [6, 6.07) is 14.2. The number of anilines is 2. The Morgan fingerprint density at radius 3 is 2.64 bits per heavy atom. The van der Waals surface area contributed by atoms with Crippen LogP contribution in [0.5, 0.6) is 0 Å². The highest BCUT2D eigenvalue weighted by Crippen LogP contribution is 2.35. The van der Waals surface area contributed by atoms with Crippen molar-refractivity contribution in [3.05, 3.63) is 71.5 Å². The molecular formula is C21H13ClN4O2. The van der Waals surface area contributed by atoms with E-state index in [9.17, 15) is 9.90 Å². The molecule has 5 rings (SSSR count). The Labute approximate surface area is 163 Å². The Morgan fingerprint density at radius 1 is 1.04 bits per heavy atom. The molecule has 0 radical (unpaired) electrons. The van der Waals surface area contributed by atoms with Crippen molar-refractivity contribution in [1.82, 2.24) is 15.0 Å². The van der Waals surface area contributed by atoms with Gasteiger partial charge in [0.15, 0.2) is 0 Å². The lowest BCUT2D eigenvalue weighted by Gasteiger charge is -2.11. The second kappa shape index (κ2) is 6.21. The minimum atomic E-state index is -0.986. The first-order chi connectivity index (χ1) is 13.6. The molecular weight excluding hydrogens is 376 g/mol. The molecule has 6 nitrogen and oxygen atoms in total. The summed E-state index contributed by atoms with van der Waals surface area (Å²) in [5, 5.41) is 16.8. The van der Waals surface area contributed by atoms with Crippen molar-refractivity contribution < 1.29 is 9.90 Å². The maximum atomic E-state index is 11.5. The summed E-state index contributed by atoms with van der Waals surface area (Å²) in [5.41, 5.74) is 2.63. The normalized spacial score (nSPS) is 11.3. The number of carboxylic acids is 1. The molecule has 5 aromatic rings.